The Kier molecular flexibility index (Phi) is 3.63. The number of carboxylic acid groups (broad SMARTS) is 1. The van der Waals surface area contributed by atoms with E-state index < -0.39 is 5.97 Å². The average molecular weight is 258 g/mol. The molecule has 0 unspecified atom stereocenters. The molecule has 0 aliphatic rings. The second-order valence-corrected chi connectivity index (χ2v) is 5.56. The van der Waals surface area contributed by atoms with Crippen LogP contribution in [0.1, 0.15) is 20.9 Å². The van der Waals surface area contributed by atoms with Gasteiger partial charge in [0.1, 0.15) is 0 Å². The molecule has 3 heteroatoms. The van der Waals surface area contributed by atoms with Gasteiger partial charge in [-0.05, 0) is 37.1 Å². The van der Waals surface area contributed by atoms with Gasteiger partial charge >= 0.3 is 5.97 Å². The molecule has 0 aliphatic heterocycles. The number of hydrogen-bond acceptors (Lipinski definition) is 2. The summed E-state index contributed by atoms with van der Waals surface area (Å²) in [5.74, 6) is -0.899. The minimum atomic E-state index is -0.899. The van der Waals surface area contributed by atoms with Gasteiger partial charge in [-0.15, -0.1) is 11.3 Å². The minimum Gasteiger partial charge on any atom is -0.478 e. The van der Waals surface area contributed by atoms with E-state index in [9.17, 15) is 9.90 Å². The second-order valence-electron chi connectivity index (χ2n) is 4.10. The standard InChI is InChI=1S/C15H14O2S/c1-10-8-13(11(2)18-10)9-14(15(16)17)12-6-4-3-5-7-12/h3-9H,1-2H3,(H,16,17). The number of aliphatic carboxylic acids is 1. The fourth-order valence-electron chi connectivity index (χ4n) is 1.84. The van der Waals surface area contributed by atoms with Crippen LogP contribution < -0.4 is 0 Å². The minimum absolute atomic E-state index is 0.330. The van der Waals surface area contributed by atoms with Crippen molar-refractivity contribution in [1.82, 2.24) is 0 Å². The van der Waals surface area contributed by atoms with Gasteiger partial charge in [0.15, 0.2) is 0 Å². The molecule has 2 aromatic rings. The molecule has 2 rings (SSSR count). The number of rotatable bonds is 3. The lowest BCUT2D eigenvalue weighted by atomic mass is 10.0. The molecule has 0 aliphatic carbocycles. The first-order valence-corrected chi connectivity index (χ1v) is 6.47. The predicted octanol–water partition coefficient (Wildman–Crippen LogP) is 3.99. The molecule has 2 nitrogen and oxygen atoms in total. The molecule has 0 atom stereocenters. The molecule has 1 aromatic heterocycles. The van der Waals surface area contributed by atoms with E-state index in [-0.39, 0.29) is 0 Å². The van der Waals surface area contributed by atoms with Crippen molar-refractivity contribution in [1.29, 1.82) is 0 Å². The molecule has 0 bridgehead atoms. The van der Waals surface area contributed by atoms with Gasteiger partial charge in [0.05, 0.1) is 5.57 Å². The molecule has 1 heterocycles. The number of carboxylic acids is 1. The third-order valence-electron chi connectivity index (χ3n) is 2.69. The normalized spacial score (nSPS) is 11.6. The highest BCUT2D eigenvalue weighted by molar-refractivity contribution is 7.12. The zero-order valence-corrected chi connectivity index (χ0v) is 11.1. The number of hydrogen-bond donors (Lipinski definition) is 1. The molecular formula is C15H14O2S. The molecule has 0 saturated carbocycles. The molecule has 92 valence electrons. The van der Waals surface area contributed by atoms with E-state index in [2.05, 4.69) is 0 Å². The van der Waals surface area contributed by atoms with Crippen LogP contribution in [0.5, 0.6) is 0 Å². The lowest BCUT2D eigenvalue weighted by molar-refractivity contribution is -0.130. The SMILES string of the molecule is Cc1cc(C=C(C(=O)O)c2ccccc2)c(C)s1. The van der Waals surface area contributed by atoms with Crippen molar-refractivity contribution < 1.29 is 9.90 Å². The molecule has 0 radical (unpaired) electrons. The number of benzene rings is 1. The van der Waals surface area contributed by atoms with Crippen LogP contribution in [0.3, 0.4) is 0 Å². The van der Waals surface area contributed by atoms with E-state index >= 15 is 0 Å². The van der Waals surface area contributed by atoms with Crippen molar-refractivity contribution in [3.05, 3.63) is 57.3 Å². The van der Waals surface area contributed by atoms with Crippen molar-refractivity contribution >= 4 is 29.0 Å². The predicted molar refractivity (Wildman–Crippen MR) is 75.7 cm³/mol. The van der Waals surface area contributed by atoms with Crippen LogP contribution >= 0.6 is 11.3 Å². The van der Waals surface area contributed by atoms with E-state index in [0.29, 0.717) is 5.57 Å². The van der Waals surface area contributed by atoms with Crippen LogP contribution in [0.2, 0.25) is 0 Å². The summed E-state index contributed by atoms with van der Waals surface area (Å²) in [6.45, 7) is 4.03. The molecule has 1 aromatic carbocycles. The summed E-state index contributed by atoms with van der Waals surface area (Å²) < 4.78 is 0. The highest BCUT2D eigenvalue weighted by Crippen LogP contribution is 2.26. The Morgan fingerprint density at radius 2 is 1.89 bits per heavy atom. The Morgan fingerprint density at radius 1 is 1.22 bits per heavy atom. The molecule has 0 saturated heterocycles. The van der Waals surface area contributed by atoms with Gasteiger partial charge in [-0.3, -0.25) is 0 Å². The zero-order valence-electron chi connectivity index (χ0n) is 10.3. The van der Waals surface area contributed by atoms with Crippen LogP contribution in [0.4, 0.5) is 0 Å². The van der Waals surface area contributed by atoms with Gasteiger partial charge in [0.25, 0.3) is 0 Å². The zero-order chi connectivity index (χ0) is 13.1. The first-order chi connectivity index (χ1) is 8.58. The molecule has 0 amide bonds. The van der Waals surface area contributed by atoms with Gasteiger partial charge in [0, 0.05) is 9.75 Å². The van der Waals surface area contributed by atoms with Crippen LogP contribution in [0.15, 0.2) is 36.4 Å². The molecule has 18 heavy (non-hydrogen) atoms. The summed E-state index contributed by atoms with van der Waals surface area (Å²) in [5.41, 5.74) is 2.04. The molecular weight excluding hydrogens is 244 g/mol. The third-order valence-corrected chi connectivity index (χ3v) is 3.68. The number of aryl methyl sites for hydroxylation is 2. The summed E-state index contributed by atoms with van der Waals surface area (Å²) in [6.07, 6.45) is 1.75. The number of thiophene rings is 1. The van der Waals surface area contributed by atoms with Gasteiger partial charge in [-0.2, -0.15) is 0 Å². The average Bonchev–Trinajstić information content (AvgIpc) is 2.65. The largest absolute Gasteiger partial charge is 0.478 e. The highest BCUT2D eigenvalue weighted by Gasteiger charge is 2.11. The van der Waals surface area contributed by atoms with Crippen LogP contribution in [0.25, 0.3) is 11.6 Å². The van der Waals surface area contributed by atoms with Crippen LogP contribution in [0, 0.1) is 13.8 Å². The Balaban J connectivity index is 2.49. The Bertz CT molecular complexity index is 594. The van der Waals surface area contributed by atoms with E-state index in [1.165, 1.54) is 4.88 Å². The molecule has 0 fully saturated rings. The van der Waals surface area contributed by atoms with Crippen molar-refractivity contribution in [2.24, 2.45) is 0 Å². The fourth-order valence-corrected chi connectivity index (χ4v) is 2.74. The lowest BCUT2D eigenvalue weighted by Crippen LogP contribution is -1.99. The maximum atomic E-state index is 11.4. The Labute approximate surface area is 110 Å². The van der Waals surface area contributed by atoms with Crippen molar-refractivity contribution in [2.45, 2.75) is 13.8 Å². The van der Waals surface area contributed by atoms with E-state index in [1.54, 1.807) is 17.4 Å². The van der Waals surface area contributed by atoms with Crippen LogP contribution in [-0.4, -0.2) is 11.1 Å². The molecule has 1 N–H and O–H groups in total. The Morgan fingerprint density at radius 3 is 2.39 bits per heavy atom. The summed E-state index contributed by atoms with van der Waals surface area (Å²) in [4.78, 5) is 13.7. The topological polar surface area (TPSA) is 37.3 Å². The maximum absolute atomic E-state index is 11.4. The van der Waals surface area contributed by atoms with E-state index in [4.69, 9.17) is 0 Å². The summed E-state index contributed by atoms with van der Waals surface area (Å²) in [5, 5.41) is 9.32. The first-order valence-electron chi connectivity index (χ1n) is 5.65. The smallest absolute Gasteiger partial charge is 0.336 e. The lowest BCUT2D eigenvalue weighted by Gasteiger charge is -2.02. The van der Waals surface area contributed by atoms with Gasteiger partial charge in [-0.1, -0.05) is 30.3 Å². The maximum Gasteiger partial charge on any atom is 0.336 e. The van der Waals surface area contributed by atoms with Gasteiger partial charge in [0.2, 0.25) is 0 Å². The highest BCUT2D eigenvalue weighted by atomic mass is 32.1. The van der Waals surface area contributed by atoms with E-state index in [0.717, 1.165) is 16.0 Å². The van der Waals surface area contributed by atoms with Crippen molar-refractivity contribution in [2.75, 3.05) is 0 Å². The van der Waals surface area contributed by atoms with Crippen molar-refractivity contribution in [3.8, 4) is 0 Å². The summed E-state index contributed by atoms with van der Waals surface area (Å²) in [6, 6.07) is 11.2. The van der Waals surface area contributed by atoms with Gasteiger partial charge in [-0.25, -0.2) is 4.79 Å². The summed E-state index contributed by atoms with van der Waals surface area (Å²) in [7, 11) is 0. The quantitative estimate of drug-likeness (QED) is 0.845. The van der Waals surface area contributed by atoms with E-state index in [1.807, 2.05) is 50.2 Å². The number of carbonyl (C=O) groups is 1. The third kappa shape index (κ3) is 2.68. The molecule has 0 spiro atoms. The Hall–Kier alpha value is -1.87. The van der Waals surface area contributed by atoms with Crippen molar-refractivity contribution in [3.63, 3.8) is 0 Å². The summed E-state index contributed by atoms with van der Waals surface area (Å²) >= 11 is 1.68. The second kappa shape index (κ2) is 5.19. The monoisotopic (exact) mass is 258 g/mol. The first kappa shape index (κ1) is 12.6. The van der Waals surface area contributed by atoms with Gasteiger partial charge < -0.3 is 5.11 Å². The fraction of sp³-hybridized carbons (Fsp3) is 0.133. The van der Waals surface area contributed by atoms with Crippen LogP contribution in [-0.2, 0) is 4.79 Å².